The van der Waals surface area contributed by atoms with Gasteiger partial charge in [0.05, 0.1) is 19.3 Å². The fraction of sp³-hybridized carbons (Fsp3) is 0.267. The maximum atomic E-state index is 13.0. The molecule has 1 N–H and O–H groups in total. The zero-order valence-corrected chi connectivity index (χ0v) is 11.3. The number of halogens is 1. The first-order valence-electron chi connectivity index (χ1n) is 6.10. The Morgan fingerprint density at radius 1 is 1.21 bits per heavy atom. The average molecular weight is 260 g/mol. The molecule has 0 bridgehead atoms. The lowest BCUT2D eigenvalue weighted by Gasteiger charge is -2.10. The minimum atomic E-state index is -0.224. The molecule has 0 aliphatic carbocycles. The predicted octanol–water partition coefficient (Wildman–Crippen LogP) is 3.46. The highest BCUT2D eigenvalue weighted by Gasteiger charge is 2.03. The van der Waals surface area contributed by atoms with Crippen LogP contribution in [-0.2, 0) is 6.54 Å². The topological polar surface area (TPSA) is 34.1 Å². The van der Waals surface area contributed by atoms with E-state index in [-0.39, 0.29) is 5.82 Å². The van der Waals surface area contributed by atoms with Crippen LogP contribution in [0.2, 0.25) is 0 Å². The summed E-state index contributed by atoms with van der Waals surface area (Å²) in [6, 6.07) is 8.45. The summed E-state index contributed by atoms with van der Waals surface area (Å²) in [5.74, 6) is 0.568. The van der Waals surface area contributed by atoms with E-state index in [4.69, 9.17) is 4.74 Å². The normalized spacial score (nSPS) is 10.3. The third kappa shape index (κ3) is 3.44. The number of nitrogens with zero attached hydrogens (tertiary/aromatic N) is 1. The van der Waals surface area contributed by atoms with Crippen LogP contribution in [0, 0.1) is 19.7 Å². The van der Waals surface area contributed by atoms with Gasteiger partial charge in [-0.1, -0.05) is 0 Å². The van der Waals surface area contributed by atoms with Gasteiger partial charge in [0.2, 0.25) is 0 Å². The second-order valence-corrected chi connectivity index (χ2v) is 4.45. The number of nitrogens with one attached hydrogen (secondary N) is 1. The van der Waals surface area contributed by atoms with Gasteiger partial charge in [0.1, 0.15) is 11.6 Å². The Morgan fingerprint density at radius 2 is 2.00 bits per heavy atom. The Hall–Kier alpha value is -2.10. The van der Waals surface area contributed by atoms with Crippen LogP contribution in [0.4, 0.5) is 10.1 Å². The van der Waals surface area contributed by atoms with E-state index >= 15 is 0 Å². The van der Waals surface area contributed by atoms with Crippen LogP contribution in [0.1, 0.15) is 17.0 Å². The molecule has 1 heterocycles. The third-order valence-corrected chi connectivity index (χ3v) is 2.86. The molecule has 0 aliphatic heterocycles. The summed E-state index contributed by atoms with van der Waals surface area (Å²) in [5, 5.41) is 3.25. The van der Waals surface area contributed by atoms with Gasteiger partial charge in [-0.15, -0.1) is 0 Å². The molecule has 0 spiro atoms. The Kier molecular flexibility index (Phi) is 4.00. The fourth-order valence-electron chi connectivity index (χ4n) is 1.92. The summed E-state index contributed by atoms with van der Waals surface area (Å²) in [6.07, 6.45) is 0. The van der Waals surface area contributed by atoms with Crippen molar-refractivity contribution in [1.82, 2.24) is 4.98 Å². The molecule has 1 aromatic carbocycles. The monoisotopic (exact) mass is 260 g/mol. The van der Waals surface area contributed by atoms with Gasteiger partial charge in [0, 0.05) is 23.5 Å². The Bertz CT molecular complexity index is 584. The molecule has 19 heavy (non-hydrogen) atoms. The summed E-state index contributed by atoms with van der Waals surface area (Å²) in [4.78, 5) is 4.43. The highest BCUT2D eigenvalue weighted by molar-refractivity contribution is 5.50. The molecule has 0 saturated heterocycles. The first-order valence-corrected chi connectivity index (χ1v) is 6.10. The quantitative estimate of drug-likeness (QED) is 0.914. The van der Waals surface area contributed by atoms with Gasteiger partial charge in [0.25, 0.3) is 0 Å². The molecular formula is C15H17FN2O. The highest BCUT2D eigenvalue weighted by atomic mass is 19.1. The van der Waals surface area contributed by atoms with Crippen LogP contribution in [0.25, 0.3) is 0 Å². The molecule has 100 valence electrons. The number of aromatic nitrogens is 1. The zero-order chi connectivity index (χ0) is 13.8. The van der Waals surface area contributed by atoms with E-state index in [1.54, 1.807) is 13.2 Å². The second kappa shape index (κ2) is 5.69. The molecule has 1 aromatic heterocycles. The predicted molar refractivity (Wildman–Crippen MR) is 74.0 cm³/mol. The van der Waals surface area contributed by atoms with Crippen molar-refractivity contribution in [3.05, 3.63) is 53.1 Å². The number of rotatable bonds is 4. The van der Waals surface area contributed by atoms with E-state index in [0.717, 1.165) is 28.4 Å². The summed E-state index contributed by atoms with van der Waals surface area (Å²) in [6.45, 7) is 4.37. The lowest BCUT2D eigenvalue weighted by Crippen LogP contribution is -2.04. The molecule has 0 fully saturated rings. The first-order chi connectivity index (χ1) is 9.08. The van der Waals surface area contributed by atoms with E-state index in [0.29, 0.717) is 6.54 Å². The van der Waals surface area contributed by atoms with Crippen LogP contribution in [0.3, 0.4) is 0 Å². The Balaban J connectivity index is 2.12. The van der Waals surface area contributed by atoms with Gasteiger partial charge in [-0.25, -0.2) is 4.39 Å². The number of hydrogen-bond donors (Lipinski definition) is 1. The number of aryl methyl sites for hydroxylation is 2. The maximum Gasteiger partial charge on any atom is 0.123 e. The smallest absolute Gasteiger partial charge is 0.123 e. The summed E-state index contributed by atoms with van der Waals surface area (Å²) < 4.78 is 18.2. The molecule has 2 rings (SSSR count). The van der Waals surface area contributed by atoms with Gasteiger partial charge >= 0.3 is 0 Å². The number of benzene rings is 1. The molecule has 0 aliphatic rings. The zero-order valence-electron chi connectivity index (χ0n) is 11.3. The Labute approximate surface area is 112 Å². The molecule has 0 radical (unpaired) electrons. The lowest BCUT2D eigenvalue weighted by atomic mass is 10.2. The molecule has 0 atom stereocenters. The molecule has 0 unspecified atom stereocenters. The summed E-state index contributed by atoms with van der Waals surface area (Å²) >= 11 is 0. The van der Waals surface area contributed by atoms with Crippen molar-refractivity contribution in [2.45, 2.75) is 20.4 Å². The van der Waals surface area contributed by atoms with Crippen LogP contribution in [0.15, 0.2) is 30.3 Å². The van der Waals surface area contributed by atoms with Crippen molar-refractivity contribution in [3.63, 3.8) is 0 Å². The van der Waals surface area contributed by atoms with Crippen molar-refractivity contribution in [3.8, 4) is 5.75 Å². The standard InChI is InChI=1S/C15H17FN2O/c1-10-6-12(16)4-5-15(10)17-9-13-8-14(19-3)7-11(2)18-13/h4-8,17H,9H2,1-3H3. The van der Waals surface area contributed by atoms with Gasteiger partial charge in [0.15, 0.2) is 0 Å². The van der Waals surface area contributed by atoms with Gasteiger partial charge < -0.3 is 10.1 Å². The third-order valence-electron chi connectivity index (χ3n) is 2.86. The highest BCUT2D eigenvalue weighted by Crippen LogP contribution is 2.18. The number of pyridine rings is 1. The molecule has 3 nitrogen and oxygen atoms in total. The molecule has 0 amide bonds. The van der Waals surface area contributed by atoms with Gasteiger partial charge in [-0.05, 0) is 37.6 Å². The minimum absolute atomic E-state index is 0.224. The SMILES string of the molecule is COc1cc(C)nc(CNc2ccc(F)cc2C)c1. The molecule has 2 aromatic rings. The van der Waals surface area contributed by atoms with Crippen molar-refractivity contribution in [2.24, 2.45) is 0 Å². The number of methoxy groups -OCH3 is 1. The van der Waals surface area contributed by atoms with E-state index in [2.05, 4.69) is 10.3 Å². The lowest BCUT2D eigenvalue weighted by molar-refractivity contribution is 0.413. The van der Waals surface area contributed by atoms with E-state index in [9.17, 15) is 4.39 Å². The van der Waals surface area contributed by atoms with Crippen LogP contribution < -0.4 is 10.1 Å². The summed E-state index contributed by atoms with van der Waals surface area (Å²) in [5.41, 5.74) is 3.58. The number of hydrogen-bond acceptors (Lipinski definition) is 3. The number of anilines is 1. The van der Waals surface area contributed by atoms with Crippen molar-refractivity contribution < 1.29 is 9.13 Å². The molecular weight excluding hydrogens is 243 g/mol. The Morgan fingerprint density at radius 3 is 2.68 bits per heavy atom. The molecule has 0 saturated carbocycles. The van der Waals surface area contributed by atoms with Crippen LogP contribution >= 0.6 is 0 Å². The first kappa shape index (κ1) is 13.3. The van der Waals surface area contributed by atoms with E-state index in [1.807, 2.05) is 26.0 Å². The van der Waals surface area contributed by atoms with Gasteiger partial charge in [-0.2, -0.15) is 0 Å². The van der Waals surface area contributed by atoms with Gasteiger partial charge in [-0.3, -0.25) is 4.98 Å². The molecule has 4 heteroatoms. The van der Waals surface area contributed by atoms with Crippen molar-refractivity contribution >= 4 is 5.69 Å². The van der Waals surface area contributed by atoms with Crippen molar-refractivity contribution in [1.29, 1.82) is 0 Å². The fourth-order valence-corrected chi connectivity index (χ4v) is 1.92. The largest absolute Gasteiger partial charge is 0.497 e. The van der Waals surface area contributed by atoms with E-state index < -0.39 is 0 Å². The minimum Gasteiger partial charge on any atom is -0.497 e. The maximum absolute atomic E-state index is 13.0. The van der Waals surface area contributed by atoms with Crippen LogP contribution in [-0.4, -0.2) is 12.1 Å². The van der Waals surface area contributed by atoms with Crippen molar-refractivity contribution in [2.75, 3.05) is 12.4 Å². The van der Waals surface area contributed by atoms with E-state index in [1.165, 1.54) is 12.1 Å². The number of ether oxygens (including phenoxy) is 1. The van der Waals surface area contributed by atoms with Crippen LogP contribution in [0.5, 0.6) is 5.75 Å². The average Bonchev–Trinajstić information content (AvgIpc) is 2.37. The second-order valence-electron chi connectivity index (χ2n) is 4.45. The summed E-state index contributed by atoms with van der Waals surface area (Å²) in [7, 11) is 1.64.